The summed E-state index contributed by atoms with van der Waals surface area (Å²) in [5, 5.41) is 17.1. The number of piperidine rings is 1. The lowest BCUT2D eigenvalue weighted by molar-refractivity contribution is 0.142. The van der Waals surface area contributed by atoms with Crippen molar-refractivity contribution in [3.05, 3.63) is 34.3 Å². The summed E-state index contributed by atoms with van der Waals surface area (Å²) in [6, 6.07) is 5.56. The summed E-state index contributed by atoms with van der Waals surface area (Å²) in [7, 11) is 0. The van der Waals surface area contributed by atoms with Gasteiger partial charge in [0.2, 0.25) is 0 Å². The normalized spacial score (nSPS) is 20.0. The third-order valence-corrected chi connectivity index (χ3v) is 4.25. The Labute approximate surface area is 125 Å². The molecule has 1 saturated heterocycles. The summed E-state index contributed by atoms with van der Waals surface area (Å²) < 4.78 is 0. The summed E-state index contributed by atoms with van der Waals surface area (Å²) >= 11 is 6.27. The molecule has 1 atom stereocenters. The van der Waals surface area contributed by atoms with Crippen molar-refractivity contribution in [3.63, 3.8) is 0 Å². The summed E-state index contributed by atoms with van der Waals surface area (Å²) in [5.74, 6) is 0.628. The number of benzene rings is 1. The Morgan fingerprint density at radius 2 is 2.30 bits per heavy atom. The van der Waals surface area contributed by atoms with Gasteiger partial charge in [-0.25, -0.2) is 0 Å². The highest BCUT2D eigenvalue weighted by Gasteiger charge is 2.20. The first-order chi connectivity index (χ1) is 9.60. The lowest BCUT2D eigenvalue weighted by atomic mass is 9.95. The first kappa shape index (κ1) is 15.3. The van der Waals surface area contributed by atoms with Crippen LogP contribution in [0.25, 0.3) is 0 Å². The van der Waals surface area contributed by atoms with Crippen molar-refractivity contribution in [2.75, 3.05) is 19.7 Å². The van der Waals surface area contributed by atoms with E-state index >= 15 is 0 Å². The van der Waals surface area contributed by atoms with Crippen LogP contribution in [-0.4, -0.2) is 35.5 Å². The molecule has 0 radical (unpaired) electrons. The van der Waals surface area contributed by atoms with E-state index in [4.69, 9.17) is 27.9 Å². The highest BCUT2D eigenvalue weighted by Crippen LogP contribution is 2.24. The molecule has 0 aromatic heterocycles. The van der Waals surface area contributed by atoms with Crippen molar-refractivity contribution >= 4 is 17.4 Å². The number of likely N-dealkylation sites (tertiary alicyclic amines) is 1. The number of hydrogen-bond donors (Lipinski definition) is 3. The maximum Gasteiger partial charge on any atom is 0.122 e. The second kappa shape index (κ2) is 7.07. The highest BCUT2D eigenvalue weighted by molar-refractivity contribution is 6.31. The molecule has 1 aromatic rings. The molecule has 110 valence electrons. The largest absolute Gasteiger partial charge is 0.396 e. The van der Waals surface area contributed by atoms with Gasteiger partial charge in [0.1, 0.15) is 5.84 Å². The van der Waals surface area contributed by atoms with Crippen molar-refractivity contribution < 1.29 is 5.11 Å². The minimum Gasteiger partial charge on any atom is -0.396 e. The van der Waals surface area contributed by atoms with Crippen LogP contribution in [0.4, 0.5) is 0 Å². The molecule has 1 aliphatic heterocycles. The van der Waals surface area contributed by atoms with Crippen molar-refractivity contribution in [3.8, 4) is 0 Å². The van der Waals surface area contributed by atoms with Crippen LogP contribution in [0.15, 0.2) is 18.2 Å². The van der Waals surface area contributed by atoms with Gasteiger partial charge < -0.3 is 10.8 Å². The molecular formula is C15H22ClN3O. The van der Waals surface area contributed by atoms with Crippen LogP contribution in [0.2, 0.25) is 5.02 Å². The number of hydrogen-bond acceptors (Lipinski definition) is 3. The van der Waals surface area contributed by atoms with Crippen LogP contribution in [-0.2, 0) is 6.54 Å². The van der Waals surface area contributed by atoms with Gasteiger partial charge in [-0.3, -0.25) is 10.3 Å². The van der Waals surface area contributed by atoms with Gasteiger partial charge in [-0.1, -0.05) is 23.7 Å². The SMILES string of the molecule is N=C(N)c1ccc(CN2CCCC(CCO)C2)c(Cl)c1. The number of aliphatic hydroxyl groups is 1. The Hall–Kier alpha value is -1.10. The molecule has 4 nitrogen and oxygen atoms in total. The minimum atomic E-state index is 0.0411. The van der Waals surface area contributed by atoms with Gasteiger partial charge in [-0.2, -0.15) is 0 Å². The molecule has 1 aliphatic rings. The first-order valence-electron chi connectivity index (χ1n) is 7.06. The van der Waals surface area contributed by atoms with Crippen LogP contribution in [0, 0.1) is 11.3 Å². The second-order valence-corrected chi connectivity index (χ2v) is 5.88. The molecule has 1 unspecified atom stereocenters. The predicted molar refractivity (Wildman–Crippen MR) is 82.2 cm³/mol. The average Bonchev–Trinajstić information content (AvgIpc) is 2.42. The Balaban J connectivity index is 2.00. The second-order valence-electron chi connectivity index (χ2n) is 5.48. The quantitative estimate of drug-likeness (QED) is 0.576. The fraction of sp³-hybridized carbons (Fsp3) is 0.533. The number of rotatable bonds is 5. The van der Waals surface area contributed by atoms with Crippen molar-refractivity contribution in [1.29, 1.82) is 5.41 Å². The lowest BCUT2D eigenvalue weighted by Gasteiger charge is -2.32. The van der Waals surface area contributed by atoms with Gasteiger partial charge in [0.15, 0.2) is 0 Å². The zero-order chi connectivity index (χ0) is 14.5. The van der Waals surface area contributed by atoms with Crippen LogP contribution in [0.1, 0.15) is 30.4 Å². The topological polar surface area (TPSA) is 73.3 Å². The van der Waals surface area contributed by atoms with Crippen molar-refractivity contribution in [2.45, 2.75) is 25.8 Å². The van der Waals surface area contributed by atoms with Crippen LogP contribution in [0.5, 0.6) is 0 Å². The standard InChI is InChI=1S/C15H22ClN3O/c16-14-8-12(15(17)18)3-4-13(14)10-19-6-1-2-11(9-19)5-7-20/h3-4,8,11,20H,1-2,5-7,9-10H2,(H3,17,18). The molecule has 2 rings (SSSR count). The fourth-order valence-electron chi connectivity index (χ4n) is 2.80. The van der Waals surface area contributed by atoms with Crippen LogP contribution >= 0.6 is 11.6 Å². The molecular weight excluding hydrogens is 274 g/mol. The van der Waals surface area contributed by atoms with Gasteiger partial charge >= 0.3 is 0 Å². The van der Waals surface area contributed by atoms with Gasteiger partial charge in [0.25, 0.3) is 0 Å². The number of nitrogens with zero attached hydrogens (tertiary/aromatic N) is 1. The summed E-state index contributed by atoms with van der Waals surface area (Å²) in [6.45, 7) is 3.18. The molecule has 5 heteroatoms. The van der Waals surface area contributed by atoms with E-state index in [2.05, 4.69) is 4.90 Å². The summed E-state index contributed by atoms with van der Waals surface area (Å²) in [4.78, 5) is 2.39. The van der Waals surface area contributed by atoms with Gasteiger partial charge in [0.05, 0.1) is 0 Å². The van der Waals surface area contributed by atoms with E-state index in [1.165, 1.54) is 12.8 Å². The van der Waals surface area contributed by atoms with E-state index in [0.29, 0.717) is 16.5 Å². The molecule has 20 heavy (non-hydrogen) atoms. The third-order valence-electron chi connectivity index (χ3n) is 3.90. The van der Waals surface area contributed by atoms with Gasteiger partial charge in [0, 0.05) is 30.3 Å². The lowest BCUT2D eigenvalue weighted by Crippen LogP contribution is -2.35. The highest BCUT2D eigenvalue weighted by atomic mass is 35.5. The number of nitrogens with two attached hydrogens (primary N) is 1. The molecule has 0 bridgehead atoms. The molecule has 4 N–H and O–H groups in total. The molecule has 0 saturated carbocycles. The summed E-state index contributed by atoms with van der Waals surface area (Å²) in [5.41, 5.74) is 7.19. The Morgan fingerprint density at radius 3 is 2.95 bits per heavy atom. The molecule has 0 amide bonds. The zero-order valence-electron chi connectivity index (χ0n) is 11.6. The zero-order valence-corrected chi connectivity index (χ0v) is 12.4. The fourth-order valence-corrected chi connectivity index (χ4v) is 3.04. The van der Waals surface area contributed by atoms with Crippen LogP contribution < -0.4 is 5.73 Å². The molecule has 1 fully saturated rings. The van der Waals surface area contributed by atoms with E-state index in [0.717, 1.165) is 31.6 Å². The third kappa shape index (κ3) is 3.95. The van der Waals surface area contributed by atoms with E-state index in [9.17, 15) is 0 Å². The number of halogens is 1. The van der Waals surface area contributed by atoms with Crippen LogP contribution in [0.3, 0.4) is 0 Å². The van der Waals surface area contributed by atoms with Gasteiger partial charge in [-0.05, 0) is 43.4 Å². The van der Waals surface area contributed by atoms with E-state index in [-0.39, 0.29) is 12.4 Å². The monoisotopic (exact) mass is 295 g/mol. The van der Waals surface area contributed by atoms with E-state index in [1.807, 2.05) is 12.1 Å². The number of amidine groups is 1. The van der Waals surface area contributed by atoms with Gasteiger partial charge in [-0.15, -0.1) is 0 Å². The molecule has 0 spiro atoms. The number of nitrogen functional groups attached to an aromatic ring is 1. The van der Waals surface area contributed by atoms with Crippen molar-refractivity contribution in [2.24, 2.45) is 11.7 Å². The first-order valence-corrected chi connectivity index (χ1v) is 7.44. The molecule has 1 aromatic carbocycles. The summed E-state index contributed by atoms with van der Waals surface area (Å²) in [6.07, 6.45) is 3.26. The Kier molecular flexibility index (Phi) is 5.40. The number of aliphatic hydroxyl groups excluding tert-OH is 1. The smallest absolute Gasteiger partial charge is 0.122 e. The Morgan fingerprint density at radius 1 is 1.50 bits per heavy atom. The molecule has 1 heterocycles. The maximum absolute atomic E-state index is 9.05. The molecule has 0 aliphatic carbocycles. The maximum atomic E-state index is 9.05. The minimum absolute atomic E-state index is 0.0411. The predicted octanol–water partition coefficient (Wildman–Crippen LogP) is 2.22. The van der Waals surface area contributed by atoms with Crippen molar-refractivity contribution in [1.82, 2.24) is 4.90 Å². The average molecular weight is 296 g/mol. The number of nitrogens with one attached hydrogen (secondary N) is 1. The van der Waals surface area contributed by atoms with E-state index < -0.39 is 0 Å². The Bertz CT molecular complexity index is 476. The van der Waals surface area contributed by atoms with E-state index in [1.54, 1.807) is 6.07 Å².